The highest BCUT2D eigenvalue weighted by Crippen LogP contribution is 2.22. The van der Waals surface area contributed by atoms with Gasteiger partial charge in [-0.2, -0.15) is 0 Å². The SMILES string of the molecule is CC(C)(C)c1ccc(C(=O)NCc2ccc(N3CCNC(=O)C3)cc2)cc1. The van der Waals surface area contributed by atoms with E-state index in [4.69, 9.17) is 0 Å². The van der Waals surface area contributed by atoms with Crippen molar-refractivity contribution in [3.05, 3.63) is 65.2 Å². The average Bonchev–Trinajstić information content (AvgIpc) is 2.66. The molecule has 5 nitrogen and oxygen atoms in total. The summed E-state index contributed by atoms with van der Waals surface area (Å²) in [6.45, 7) is 8.81. The van der Waals surface area contributed by atoms with Crippen molar-refractivity contribution < 1.29 is 9.59 Å². The summed E-state index contributed by atoms with van der Waals surface area (Å²) in [4.78, 5) is 25.9. The molecule has 0 saturated carbocycles. The molecule has 5 heteroatoms. The van der Waals surface area contributed by atoms with E-state index in [0.29, 0.717) is 25.2 Å². The van der Waals surface area contributed by atoms with E-state index in [9.17, 15) is 9.59 Å². The molecule has 1 fully saturated rings. The van der Waals surface area contributed by atoms with E-state index < -0.39 is 0 Å². The van der Waals surface area contributed by atoms with Crippen molar-refractivity contribution in [1.82, 2.24) is 10.6 Å². The molecule has 2 aromatic carbocycles. The van der Waals surface area contributed by atoms with Crippen LogP contribution >= 0.6 is 0 Å². The third-order valence-corrected chi connectivity index (χ3v) is 4.81. The van der Waals surface area contributed by atoms with Crippen LogP contribution in [0.5, 0.6) is 0 Å². The molecular weight excluding hydrogens is 338 g/mol. The summed E-state index contributed by atoms with van der Waals surface area (Å²) in [6.07, 6.45) is 0. The molecule has 0 radical (unpaired) electrons. The number of amides is 2. The van der Waals surface area contributed by atoms with Crippen LogP contribution in [-0.4, -0.2) is 31.4 Å². The standard InChI is InChI=1S/C22H27N3O2/c1-22(2,3)18-8-6-17(7-9-18)21(27)24-14-16-4-10-19(11-5-16)25-13-12-23-20(26)15-25/h4-11H,12-15H2,1-3H3,(H,23,26)(H,24,27). The van der Waals surface area contributed by atoms with Crippen LogP contribution in [0.25, 0.3) is 0 Å². The van der Waals surface area contributed by atoms with Crippen LogP contribution in [0, 0.1) is 0 Å². The quantitative estimate of drug-likeness (QED) is 0.876. The highest BCUT2D eigenvalue weighted by atomic mass is 16.2. The first-order valence-corrected chi connectivity index (χ1v) is 9.32. The minimum Gasteiger partial charge on any atom is -0.360 e. The maximum Gasteiger partial charge on any atom is 0.251 e. The van der Waals surface area contributed by atoms with Crippen LogP contribution in [0.3, 0.4) is 0 Å². The molecule has 1 heterocycles. The largest absolute Gasteiger partial charge is 0.360 e. The Morgan fingerprint density at radius 3 is 2.33 bits per heavy atom. The molecule has 1 aliphatic rings. The van der Waals surface area contributed by atoms with Crippen molar-refractivity contribution in [1.29, 1.82) is 0 Å². The fourth-order valence-corrected chi connectivity index (χ4v) is 3.09. The Bertz CT molecular complexity index is 805. The average molecular weight is 365 g/mol. The Balaban J connectivity index is 1.56. The molecule has 3 rings (SSSR count). The number of carbonyl (C=O) groups is 2. The molecule has 0 aromatic heterocycles. The van der Waals surface area contributed by atoms with E-state index in [1.807, 2.05) is 48.5 Å². The lowest BCUT2D eigenvalue weighted by Gasteiger charge is -2.28. The molecule has 0 spiro atoms. The van der Waals surface area contributed by atoms with Gasteiger partial charge in [0.2, 0.25) is 5.91 Å². The summed E-state index contributed by atoms with van der Waals surface area (Å²) in [7, 11) is 0. The van der Waals surface area contributed by atoms with Gasteiger partial charge in [0.1, 0.15) is 0 Å². The third-order valence-electron chi connectivity index (χ3n) is 4.81. The summed E-state index contributed by atoms with van der Waals surface area (Å²) in [5.41, 5.74) is 4.00. The molecule has 0 aliphatic carbocycles. The number of anilines is 1. The molecule has 2 N–H and O–H groups in total. The number of nitrogens with zero attached hydrogens (tertiary/aromatic N) is 1. The van der Waals surface area contributed by atoms with Crippen LogP contribution in [0.2, 0.25) is 0 Å². The molecule has 2 aromatic rings. The molecule has 0 atom stereocenters. The van der Waals surface area contributed by atoms with Gasteiger partial charge in [0, 0.05) is 30.9 Å². The van der Waals surface area contributed by atoms with Crippen LogP contribution in [-0.2, 0) is 16.8 Å². The summed E-state index contributed by atoms with van der Waals surface area (Å²) in [5, 5.41) is 5.79. The van der Waals surface area contributed by atoms with Gasteiger partial charge in [-0.25, -0.2) is 0 Å². The second-order valence-electron chi connectivity index (χ2n) is 7.95. The summed E-state index contributed by atoms with van der Waals surface area (Å²) in [6, 6.07) is 15.8. The van der Waals surface area contributed by atoms with E-state index in [2.05, 4.69) is 36.3 Å². The van der Waals surface area contributed by atoms with Gasteiger partial charge in [-0.05, 0) is 40.8 Å². The number of rotatable bonds is 4. The zero-order valence-electron chi connectivity index (χ0n) is 16.2. The second-order valence-corrected chi connectivity index (χ2v) is 7.95. The van der Waals surface area contributed by atoms with Gasteiger partial charge < -0.3 is 15.5 Å². The van der Waals surface area contributed by atoms with Crippen molar-refractivity contribution in [3.8, 4) is 0 Å². The van der Waals surface area contributed by atoms with Gasteiger partial charge in [-0.3, -0.25) is 9.59 Å². The van der Waals surface area contributed by atoms with E-state index in [1.165, 1.54) is 5.56 Å². The molecule has 2 amide bonds. The lowest BCUT2D eigenvalue weighted by Crippen LogP contribution is -2.47. The number of benzene rings is 2. The second kappa shape index (κ2) is 7.82. The number of piperazine rings is 1. The van der Waals surface area contributed by atoms with Crippen molar-refractivity contribution >= 4 is 17.5 Å². The van der Waals surface area contributed by atoms with Crippen molar-refractivity contribution in [2.45, 2.75) is 32.7 Å². The predicted octanol–water partition coefficient (Wildman–Crippen LogP) is 2.85. The minimum atomic E-state index is -0.0766. The topological polar surface area (TPSA) is 61.4 Å². The maximum absolute atomic E-state index is 12.4. The summed E-state index contributed by atoms with van der Waals surface area (Å²) < 4.78 is 0. The lowest BCUT2D eigenvalue weighted by atomic mass is 9.87. The first kappa shape index (κ1) is 19.0. The van der Waals surface area contributed by atoms with Crippen molar-refractivity contribution in [2.24, 2.45) is 0 Å². The Morgan fingerprint density at radius 1 is 1.07 bits per heavy atom. The molecule has 142 valence electrons. The van der Waals surface area contributed by atoms with E-state index in [1.54, 1.807) is 0 Å². The van der Waals surface area contributed by atoms with E-state index in [0.717, 1.165) is 17.8 Å². The lowest BCUT2D eigenvalue weighted by molar-refractivity contribution is -0.120. The highest BCUT2D eigenvalue weighted by molar-refractivity contribution is 5.94. The van der Waals surface area contributed by atoms with Gasteiger partial charge in [0.05, 0.1) is 6.54 Å². The zero-order valence-corrected chi connectivity index (χ0v) is 16.2. The minimum absolute atomic E-state index is 0.0510. The number of carbonyl (C=O) groups excluding carboxylic acids is 2. The summed E-state index contributed by atoms with van der Waals surface area (Å²) >= 11 is 0. The Hall–Kier alpha value is -2.82. The van der Waals surface area contributed by atoms with Crippen LogP contribution in [0.1, 0.15) is 42.3 Å². The van der Waals surface area contributed by atoms with Gasteiger partial charge in [0.15, 0.2) is 0 Å². The molecular formula is C22H27N3O2. The Kier molecular flexibility index (Phi) is 5.49. The zero-order chi connectivity index (χ0) is 19.4. The molecule has 0 bridgehead atoms. The van der Waals surface area contributed by atoms with Crippen molar-refractivity contribution in [3.63, 3.8) is 0 Å². The molecule has 27 heavy (non-hydrogen) atoms. The van der Waals surface area contributed by atoms with Crippen molar-refractivity contribution in [2.75, 3.05) is 24.5 Å². The van der Waals surface area contributed by atoms with Crippen LogP contribution in [0.4, 0.5) is 5.69 Å². The fourth-order valence-electron chi connectivity index (χ4n) is 3.09. The normalized spacial score (nSPS) is 14.6. The number of nitrogens with one attached hydrogen (secondary N) is 2. The Morgan fingerprint density at radius 2 is 1.74 bits per heavy atom. The smallest absolute Gasteiger partial charge is 0.251 e. The predicted molar refractivity (Wildman–Crippen MR) is 108 cm³/mol. The third kappa shape index (κ3) is 4.88. The van der Waals surface area contributed by atoms with Gasteiger partial charge >= 0.3 is 0 Å². The monoisotopic (exact) mass is 365 g/mol. The molecule has 1 aliphatic heterocycles. The Labute approximate surface area is 160 Å². The highest BCUT2D eigenvalue weighted by Gasteiger charge is 2.16. The first-order valence-electron chi connectivity index (χ1n) is 9.32. The van der Waals surface area contributed by atoms with E-state index >= 15 is 0 Å². The van der Waals surface area contributed by atoms with Crippen LogP contribution < -0.4 is 15.5 Å². The summed E-state index contributed by atoms with van der Waals surface area (Å²) in [5.74, 6) is -0.0256. The van der Waals surface area contributed by atoms with Crippen LogP contribution in [0.15, 0.2) is 48.5 Å². The van der Waals surface area contributed by atoms with E-state index in [-0.39, 0.29) is 17.2 Å². The maximum atomic E-state index is 12.4. The first-order chi connectivity index (χ1) is 12.8. The number of hydrogen-bond donors (Lipinski definition) is 2. The molecule has 1 saturated heterocycles. The van der Waals surface area contributed by atoms with Gasteiger partial charge in [0.25, 0.3) is 5.91 Å². The molecule has 0 unspecified atom stereocenters. The number of hydrogen-bond acceptors (Lipinski definition) is 3. The fraction of sp³-hybridized carbons (Fsp3) is 0.364. The van der Waals surface area contributed by atoms with Gasteiger partial charge in [-0.15, -0.1) is 0 Å². The van der Waals surface area contributed by atoms with Gasteiger partial charge in [-0.1, -0.05) is 45.0 Å².